The molecule has 0 aliphatic carbocycles. The molecule has 0 fully saturated rings. The molecule has 13 heavy (non-hydrogen) atoms. The number of carboxylic acid groups (broad SMARTS) is 1. The van der Waals surface area contributed by atoms with Crippen LogP contribution in [-0.4, -0.2) is 39.9 Å². The van der Waals surface area contributed by atoms with Gasteiger partial charge in [-0.3, -0.25) is 9.69 Å². The summed E-state index contributed by atoms with van der Waals surface area (Å²) in [6, 6.07) is -0.730. The Bertz CT molecular complexity index is 260. The molecule has 1 aliphatic rings. The Kier molecular flexibility index (Phi) is 2.85. The first-order valence-electron chi connectivity index (χ1n) is 4.02. The number of aliphatic hydroxyl groups excluding tert-OH is 1. The molecule has 0 aromatic carbocycles. The molecule has 2 atom stereocenters. The van der Waals surface area contributed by atoms with E-state index in [0.717, 1.165) is 0 Å². The Morgan fingerprint density at radius 3 is 2.85 bits per heavy atom. The second kappa shape index (κ2) is 3.72. The van der Waals surface area contributed by atoms with Gasteiger partial charge in [0.25, 0.3) is 0 Å². The standard InChI is InChI=1S/C9H13NO3/c1-6(2)8(11)10-5-3-4-7(10)9(12)13/h3-4,7-8,11H,1,5H2,2H3,(H,12,13)/t7-,8?/m1/s1. The quantitative estimate of drug-likeness (QED) is 0.614. The third-order valence-electron chi connectivity index (χ3n) is 2.00. The van der Waals surface area contributed by atoms with Crippen molar-refractivity contribution in [1.29, 1.82) is 0 Å². The molecule has 0 aromatic heterocycles. The first-order chi connectivity index (χ1) is 6.04. The van der Waals surface area contributed by atoms with Crippen molar-refractivity contribution < 1.29 is 15.0 Å². The minimum atomic E-state index is -0.950. The van der Waals surface area contributed by atoms with Gasteiger partial charge in [-0.15, -0.1) is 0 Å². The van der Waals surface area contributed by atoms with E-state index in [2.05, 4.69) is 6.58 Å². The van der Waals surface area contributed by atoms with E-state index < -0.39 is 18.2 Å². The summed E-state index contributed by atoms with van der Waals surface area (Å²) in [7, 11) is 0. The maximum absolute atomic E-state index is 10.7. The fraction of sp³-hybridized carbons (Fsp3) is 0.444. The first-order valence-corrected chi connectivity index (χ1v) is 4.02. The molecule has 4 nitrogen and oxygen atoms in total. The van der Waals surface area contributed by atoms with Crippen molar-refractivity contribution in [3.8, 4) is 0 Å². The molecule has 2 N–H and O–H groups in total. The fourth-order valence-corrected chi connectivity index (χ4v) is 1.29. The molecule has 0 saturated carbocycles. The van der Waals surface area contributed by atoms with Crippen LogP contribution in [0.5, 0.6) is 0 Å². The minimum Gasteiger partial charge on any atom is -0.480 e. The summed E-state index contributed by atoms with van der Waals surface area (Å²) < 4.78 is 0. The van der Waals surface area contributed by atoms with Crippen molar-refractivity contribution in [3.63, 3.8) is 0 Å². The van der Waals surface area contributed by atoms with Crippen molar-refractivity contribution in [1.82, 2.24) is 4.90 Å². The summed E-state index contributed by atoms with van der Waals surface area (Å²) >= 11 is 0. The summed E-state index contributed by atoms with van der Waals surface area (Å²) in [5.74, 6) is -0.950. The molecule has 1 rings (SSSR count). The highest BCUT2D eigenvalue weighted by Gasteiger charge is 2.31. The molecular weight excluding hydrogens is 170 g/mol. The topological polar surface area (TPSA) is 60.8 Å². The van der Waals surface area contributed by atoms with Gasteiger partial charge in [0.2, 0.25) is 0 Å². The normalized spacial score (nSPS) is 24.6. The second-order valence-corrected chi connectivity index (χ2v) is 3.13. The van der Waals surface area contributed by atoms with E-state index in [-0.39, 0.29) is 0 Å². The highest BCUT2D eigenvalue weighted by atomic mass is 16.4. The lowest BCUT2D eigenvalue weighted by Crippen LogP contribution is -2.44. The summed E-state index contributed by atoms with van der Waals surface area (Å²) in [6.07, 6.45) is 2.41. The van der Waals surface area contributed by atoms with E-state index in [9.17, 15) is 9.90 Å². The maximum atomic E-state index is 10.7. The SMILES string of the molecule is C=C(C)C(O)N1CC=C[C@@H]1C(=O)O. The Balaban J connectivity index is 2.71. The lowest BCUT2D eigenvalue weighted by Gasteiger charge is -2.26. The molecule has 0 radical (unpaired) electrons. The highest BCUT2D eigenvalue weighted by Crippen LogP contribution is 2.16. The van der Waals surface area contributed by atoms with Crippen molar-refractivity contribution in [2.24, 2.45) is 0 Å². The number of aliphatic hydroxyl groups is 1. The zero-order valence-corrected chi connectivity index (χ0v) is 7.47. The van der Waals surface area contributed by atoms with Crippen LogP contribution in [-0.2, 0) is 4.79 Å². The van der Waals surface area contributed by atoms with Gasteiger partial charge in [0.1, 0.15) is 12.3 Å². The van der Waals surface area contributed by atoms with Crippen LogP contribution in [0.2, 0.25) is 0 Å². The molecule has 0 bridgehead atoms. The number of hydrogen-bond donors (Lipinski definition) is 2. The van der Waals surface area contributed by atoms with Gasteiger partial charge in [-0.25, -0.2) is 0 Å². The van der Waals surface area contributed by atoms with E-state index in [1.807, 2.05) is 0 Å². The Hall–Kier alpha value is -1.13. The molecule has 4 heteroatoms. The van der Waals surface area contributed by atoms with Gasteiger partial charge in [-0.2, -0.15) is 0 Å². The number of hydrogen-bond acceptors (Lipinski definition) is 3. The fourth-order valence-electron chi connectivity index (χ4n) is 1.29. The zero-order valence-electron chi connectivity index (χ0n) is 7.47. The molecular formula is C9H13NO3. The average molecular weight is 183 g/mol. The number of carboxylic acids is 1. The average Bonchev–Trinajstić information content (AvgIpc) is 2.50. The van der Waals surface area contributed by atoms with Crippen LogP contribution >= 0.6 is 0 Å². The molecule has 0 amide bonds. The van der Waals surface area contributed by atoms with Crippen molar-refractivity contribution >= 4 is 5.97 Å². The molecule has 0 saturated heterocycles. The predicted molar refractivity (Wildman–Crippen MR) is 48.1 cm³/mol. The predicted octanol–water partition coefficient (Wildman–Crippen LogP) is 0.206. The molecule has 1 unspecified atom stereocenters. The van der Waals surface area contributed by atoms with E-state index in [1.54, 1.807) is 19.1 Å². The van der Waals surface area contributed by atoms with Crippen LogP contribution in [0.3, 0.4) is 0 Å². The summed E-state index contributed by atoms with van der Waals surface area (Å²) in [5.41, 5.74) is 0.551. The van der Waals surface area contributed by atoms with E-state index in [4.69, 9.17) is 5.11 Å². The summed E-state index contributed by atoms with van der Waals surface area (Å²) in [4.78, 5) is 12.2. The number of carbonyl (C=O) groups is 1. The summed E-state index contributed by atoms with van der Waals surface area (Å²) in [6.45, 7) is 5.70. The molecule has 72 valence electrons. The van der Waals surface area contributed by atoms with Gasteiger partial charge >= 0.3 is 5.97 Å². The largest absolute Gasteiger partial charge is 0.480 e. The number of aliphatic carboxylic acids is 1. The van der Waals surface area contributed by atoms with Gasteiger partial charge in [0, 0.05) is 6.54 Å². The number of nitrogens with zero attached hydrogens (tertiary/aromatic N) is 1. The highest BCUT2D eigenvalue weighted by molar-refractivity contribution is 5.76. The van der Waals surface area contributed by atoms with E-state index in [0.29, 0.717) is 12.1 Å². The van der Waals surface area contributed by atoms with Gasteiger partial charge in [0.15, 0.2) is 0 Å². The second-order valence-electron chi connectivity index (χ2n) is 3.13. The molecule has 1 heterocycles. The zero-order chi connectivity index (χ0) is 10.0. The number of rotatable bonds is 3. The Labute approximate surface area is 76.8 Å². The van der Waals surface area contributed by atoms with Gasteiger partial charge in [0.05, 0.1) is 0 Å². The van der Waals surface area contributed by atoms with Crippen molar-refractivity contribution in [2.45, 2.75) is 19.2 Å². The molecule has 0 aromatic rings. The van der Waals surface area contributed by atoms with Crippen molar-refractivity contribution in [3.05, 3.63) is 24.3 Å². The van der Waals surface area contributed by atoms with Crippen LogP contribution in [0.4, 0.5) is 0 Å². The Morgan fingerprint density at radius 2 is 2.38 bits per heavy atom. The van der Waals surface area contributed by atoms with Crippen molar-refractivity contribution in [2.75, 3.05) is 6.54 Å². The maximum Gasteiger partial charge on any atom is 0.325 e. The van der Waals surface area contributed by atoms with Gasteiger partial charge in [-0.1, -0.05) is 18.7 Å². The molecule has 0 spiro atoms. The van der Waals surface area contributed by atoms with E-state index >= 15 is 0 Å². The minimum absolute atomic E-state index is 0.449. The Morgan fingerprint density at radius 1 is 1.77 bits per heavy atom. The molecule has 1 aliphatic heterocycles. The van der Waals surface area contributed by atoms with Gasteiger partial charge in [-0.05, 0) is 12.5 Å². The van der Waals surface area contributed by atoms with E-state index in [1.165, 1.54) is 4.90 Å². The summed E-state index contributed by atoms with van der Waals surface area (Å²) in [5, 5.41) is 18.3. The van der Waals surface area contributed by atoms with Crippen LogP contribution in [0.25, 0.3) is 0 Å². The van der Waals surface area contributed by atoms with Crippen LogP contribution in [0.15, 0.2) is 24.3 Å². The third-order valence-corrected chi connectivity index (χ3v) is 2.00. The lowest BCUT2D eigenvalue weighted by atomic mass is 10.2. The van der Waals surface area contributed by atoms with Crippen LogP contribution < -0.4 is 0 Å². The monoisotopic (exact) mass is 183 g/mol. The first kappa shape index (κ1) is 9.95. The smallest absolute Gasteiger partial charge is 0.325 e. The van der Waals surface area contributed by atoms with Crippen LogP contribution in [0, 0.1) is 0 Å². The van der Waals surface area contributed by atoms with Crippen LogP contribution in [0.1, 0.15) is 6.92 Å². The lowest BCUT2D eigenvalue weighted by molar-refractivity contribution is -0.143. The van der Waals surface area contributed by atoms with Gasteiger partial charge < -0.3 is 10.2 Å². The third kappa shape index (κ3) is 1.96.